The Morgan fingerprint density at radius 1 is 1.15 bits per heavy atom. The van der Waals surface area contributed by atoms with E-state index in [1.807, 2.05) is 24.3 Å². The molecule has 1 unspecified atom stereocenters. The molecule has 1 aliphatic heterocycles. The third kappa shape index (κ3) is 6.31. The van der Waals surface area contributed by atoms with Crippen LogP contribution in [0.4, 0.5) is 5.69 Å². The fourth-order valence-corrected chi connectivity index (χ4v) is 3.99. The van der Waals surface area contributed by atoms with Gasteiger partial charge in [0.05, 0.1) is 0 Å². The van der Waals surface area contributed by atoms with E-state index in [1.54, 1.807) is 11.6 Å². The first-order valence-corrected chi connectivity index (χ1v) is 9.44. The predicted molar refractivity (Wildman–Crippen MR) is 108 cm³/mol. The minimum atomic E-state index is -0.522. The Kier molecular flexibility index (Phi) is 8.42. The average molecular weight is 380 g/mol. The molecule has 1 saturated heterocycles. The third-order valence-corrected chi connectivity index (χ3v) is 5.33. The lowest BCUT2D eigenvalue weighted by molar-refractivity contribution is -0.124. The Balaban J connectivity index is 0.00000243. The van der Waals surface area contributed by atoms with Crippen LogP contribution >= 0.6 is 12.4 Å². The van der Waals surface area contributed by atoms with E-state index in [9.17, 15) is 4.79 Å². The summed E-state index contributed by atoms with van der Waals surface area (Å²) in [6.07, 6.45) is 11.3. The van der Waals surface area contributed by atoms with Crippen LogP contribution in [0.15, 0.2) is 30.3 Å². The molecule has 1 aromatic carbocycles. The number of carbonyl (C=O) groups is 1. The molecule has 1 aliphatic carbocycles. The van der Waals surface area contributed by atoms with Crippen LogP contribution in [0.2, 0.25) is 0 Å². The summed E-state index contributed by atoms with van der Waals surface area (Å²) in [6.45, 7) is 3.61. The maximum Gasteiger partial charge on any atom is 0.267 e. The van der Waals surface area contributed by atoms with Crippen molar-refractivity contribution >= 4 is 30.1 Å². The standard InChI is InChI=1S/C20H29N3O2.ClH/c24-20(22-25)11-8-16-6-9-18(10-7-16)21-19-12-13-23(15-19)14-17-4-2-1-3-5-17;/h6-11,17,19,21,25H,1-5,12-15H2,(H,22,24);1H/b11-8+;. The molecule has 1 saturated carbocycles. The fraction of sp³-hybridized carbons (Fsp3) is 0.550. The smallest absolute Gasteiger partial charge is 0.267 e. The largest absolute Gasteiger partial charge is 0.381 e. The summed E-state index contributed by atoms with van der Waals surface area (Å²) in [7, 11) is 0. The van der Waals surface area contributed by atoms with Gasteiger partial charge in [0.15, 0.2) is 0 Å². The van der Waals surface area contributed by atoms with Crippen LogP contribution in [0.25, 0.3) is 6.08 Å². The van der Waals surface area contributed by atoms with Gasteiger partial charge in [-0.1, -0.05) is 31.4 Å². The van der Waals surface area contributed by atoms with Crippen molar-refractivity contribution in [3.63, 3.8) is 0 Å². The van der Waals surface area contributed by atoms with Crippen molar-refractivity contribution in [1.29, 1.82) is 0 Å². The molecule has 26 heavy (non-hydrogen) atoms. The molecule has 2 aliphatic rings. The topological polar surface area (TPSA) is 64.6 Å². The van der Waals surface area contributed by atoms with Crippen LogP contribution in [-0.4, -0.2) is 41.7 Å². The second-order valence-corrected chi connectivity index (χ2v) is 7.32. The maximum absolute atomic E-state index is 11.0. The van der Waals surface area contributed by atoms with E-state index < -0.39 is 5.91 Å². The molecule has 6 heteroatoms. The van der Waals surface area contributed by atoms with Gasteiger partial charge < -0.3 is 10.2 Å². The summed E-state index contributed by atoms with van der Waals surface area (Å²) in [5.41, 5.74) is 3.63. The van der Waals surface area contributed by atoms with Gasteiger partial charge in [0.2, 0.25) is 0 Å². The average Bonchev–Trinajstić information content (AvgIpc) is 3.08. The minimum absolute atomic E-state index is 0. The number of nitrogens with one attached hydrogen (secondary N) is 2. The molecule has 0 bridgehead atoms. The van der Waals surface area contributed by atoms with Gasteiger partial charge in [-0.3, -0.25) is 10.0 Å². The fourth-order valence-electron chi connectivity index (χ4n) is 3.99. The zero-order chi connectivity index (χ0) is 17.5. The predicted octanol–water partition coefficient (Wildman–Crippen LogP) is 3.69. The lowest BCUT2D eigenvalue weighted by Crippen LogP contribution is -2.31. The number of benzene rings is 1. The SMILES string of the molecule is Cl.O=C(/C=C/c1ccc(NC2CCN(CC3CCCCC3)C2)cc1)NO. The van der Waals surface area contributed by atoms with E-state index in [-0.39, 0.29) is 12.4 Å². The Bertz CT molecular complexity index is 585. The van der Waals surface area contributed by atoms with Crippen molar-refractivity contribution in [1.82, 2.24) is 10.4 Å². The summed E-state index contributed by atoms with van der Waals surface area (Å²) in [5.74, 6) is 0.390. The second kappa shape index (κ2) is 10.6. The molecular formula is C20H30ClN3O2. The van der Waals surface area contributed by atoms with Crippen LogP contribution < -0.4 is 10.8 Å². The van der Waals surface area contributed by atoms with E-state index in [0.29, 0.717) is 6.04 Å². The monoisotopic (exact) mass is 379 g/mol. The second-order valence-electron chi connectivity index (χ2n) is 7.32. The van der Waals surface area contributed by atoms with E-state index in [4.69, 9.17) is 5.21 Å². The Morgan fingerprint density at radius 2 is 1.88 bits per heavy atom. The van der Waals surface area contributed by atoms with Crippen LogP contribution in [0, 0.1) is 5.92 Å². The lowest BCUT2D eigenvalue weighted by atomic mass is 9.89. The lowest BCUT2D eigenvalue weighted by Gasteiger charge is -2.26. The highest BCUT2D eigenvalue weighted by atomic mass is 35.5. The van der Waals surface area contributed by atoms with Crippen LogP contribution in [0.3, 0.4) is 0 Å². The van der Waals surface area contributed by atoms with E-state index >= 15 is 0 Å². The summed E-state index contributed by atoms with van der Waals surface area (Å²) in [6, 6.07) is 8.54. The van der Waals surface area contributed by atoms with Crippen LogP contribution in [-0.2, 0) is 4.79 Å². The number of hydrogen-bond acceptors (Lipinski definition) is 4. The number of hydrogen-bond donors (Lipinski definition) is 3. The zero-order valence-corrected chi connectivity index (χ0v) is 16.0. The minimum Gasteiger partial charge on any atom is -0.381 e. The molecule has 3 rings (SSSR count). The van der Waals surface area contributed by atoms with Crippen molar-refractivity contribution < 1.29 is 10.0 Å². The highest BCUT2D eigenvalue weighted by Gasteiger charge is 2.25. The van der Waals surface area contributed by atoms with Crippen LogP contribution in [0.1, 0.15) is 44.1 Å². The van der Waals surface area contributed by atoms with Gasteiger partial charge in [-0.2, -0.15) is 0 Å². The number of hydroxylamine groups is 1. The Morgan fingerprint density at radius 3 is 2.58 bits per heavy atom. The summed E-state index contributed by atoms with van der Waals surface area (Å²) < 4.78 is 0. The molecule has 2 fully saturated rings. The molecule has 144 valence electrons. The maximum atomic E-state index is 11.0. The molecule has 1 amide bonds. The van der Waals surface area contributed by atoms with Crippen molar-refractivity contribution in [2.45, 2.75) is 44.6 Å². The van der Waals surface area contributed by atoms with Gasteiger partial charge in [-0.15, -0.1) is 12.4 Å². The highest BCUT2D eigenvalue weighted by Crippen LogP contribution is 2.26. The molecule has 0 spiro atoms. The zero-order valence-electron chi connectivity index (χ0n) is 15.2. The number of amides is 1. The van der Waals surface area contributed by atoms with Gasteiger partial charge in [0.1, 0.15) is 0 Å². The van der Waals surface area contributed by atoms with Crippen molar-refractivity contribution in [3.8, 4) is 0 Å². The van der Waals surface area contributed by atoms with Crippen LogP contribution in [0.5, 0.6) is 0 Å². The number of halogens is 1. The van der Waals surface area contributed by atoms with Gasteiger partial charge in [0.25, 0.3) is 5.91 Å². The first-order chi connectivity index (χ1) is 12.2. The Hall–Kier alpha value is -1.56. The third-order valence-electron chi connectivity index (χ3n) is 5.33. The number of nitrogens with zero attached hydrogens (tertiary/aromatic N) is 1. The summed E-state index contributed by atoms with van der Waals surface area (Å²) in [5, 5.41) is 12.1. The van der Waals surface area contributed by atoms with Gasteiger partial charge >= 0.3 is 0 Å². The van der Waals surface area contributed by atoms with E-state index in [2.05, 4.69) is 10.2 Å². The quantitative estimate of drug-likeness (QED) is 0.400. The first kappa shape index (κ1) is 20.7. The molecule has 5 nitrogen and oxygen atoms in total. The van der Waals surface area contributed by atoms with Gasteiger partial charge in [0, 0.05) is 37.4 Å². The first-order valence-electron chi connectivity index (χ1n) is 9.44. The molecule has 1 heterocycles. The highest BCUT2D eigenvalue weighted by molar-refractivity contribution is 5.90. The molecule has 0 radical (unpaired) electrons. The molecule has 3 N–H and O–H groups in total. The van der Waals surface area contributed by atoms with Gasteiger partial charge in [-0.25, -0.2) is 5.48 Å². The van der Waals surface area contributed by atoms with Crippen molar-refractivity contribution in [3.05, 3.63) is 35.9 Å². The number of carbonyl (C=O) groups excluding carboxylic acids is 1. The summed E-state index contributed by atoms with van der Waals surface area (Å²) >= 11 is 0. The molecule has 0 aromatic heterocycles. The molecule has 1 aromatic rings. The summed E-state index contributed by atoms with van der Waals surface area (Å²) in [4.78, 5) is 13.6. The Labute approximate surface area is 162 Å². The normalized spacial score (nSPS) is 21.5. The molecular weight excluding hydrogens is 350 g/mol. The van der Waals surface area contributed by atoms with Gasteiger partial charge in [-0.05, 0) is 49.0 Å². The number of rotatable bonds is 6. The van der Waals surface area contributed by atoms with Crippen molar-refractivity contribution in [2.75, 3.05) is 25.0 Å². The number of likely N-dealkylation sites (tertiary alicyclic amines) is 1. The van der Waals surface area contributed by atoms with E-state index in [1.165, 1.54) is 57.7 Å². The number of anilines is 1. The van der Waals surface area contributed by atoms with E-state index in [0.717, 1.165) is 23.7 Å². The van der Waals surface area contributed by atoms with Crippen molar-refractivity contribution in [2.24, 2.45) is 5.92 Å². The molecule has 1 atom stereocenters.